The monoisotopic (exact) mass is 196 g/mol. The van der Waals surface area contributed by atoms with Gasteiger partial charge < -0.3 is 10.2 Å². The summed E-state index contributed by atoms with van der Waals surface area (Å²) in [4.78, 5) is 11.6. The number of carbonyl (C=O) groups is 1. The van der Waals surface area contributed by atoms with Crippen LogP contribution in [-0.2, 0) is 4.79 Å². The number of rotatable bonds is 0. The number of fused-ring (bicyclic) bond motifs is 1. The fourth-order valence-electron chi connectivity index (χ4n) is 2.64. The van der Waals surface area contributed by atoms with Crippen molar-refractivity contribution in [3.63, 3.8) is 0 Å². The minimum absolute atomic E-state index is 0.320. The van der Waals surface area contributed by atoms with E-state index in [1.807, 2.05) is 0 Å². The molecule has 3 heteroatoms. The summed E-state index contributed by atoms with van der Waals surface area (Å²) in [5, 5.41) is 20.6. The summed E-state index contributed by atoms with van der Waals surface area (Å²) in [6, 6.07) is 0. The summed E-state index contributed by atoms with van der Waals surface area (Å²) >= 11 is 0. The average molecular weight is 196 g/mol. The lowest BCUT2D eigenvalue weighted by atomic mass is 9.78. The zero-order valence-electron chi connectivity index (χ0n) is 8.42. The van der Waals surface area contributed by atoms with Gasteiger partial charge in [0, 0.05) is 0 Å². The smallest absolute Gasteiger partial charge is 0.190 e. The van der Waals surface area contributed by atoms with E-state index in [0.29, 0.717) is 18.4 Å². The molecule has 2 aliphatic rings. The molecule has 2 rings (SSSR count). The van der Waals surface area contributed by atoms with Crippen molar-refractivity contribution in [3.8, 4) is 0 Å². The third kappa shape index (κ3) is 1.03. The molecule has 2 atom stereocenters. The second kappa shape index (κ2) is 2.91. The van der Waals surface area contributed by atoms with Gasteiger partial charge in [0.15, 0.2) is 11.4 Å². The molecule has 1 fully saturated rings. The van der Waals surface area contributed by atoms with Gasteiger partial charge in [-0.05, 0) is 37.8 Å². The van der Waals surface area contributed by atoms with Crippen LogP contribution in [0.4, 0.5) is 0 Å². The Balaban J connectivity index is 2.45. The standard InChI is InChI=1S/C11H16O3/c1-8-7-9(12)11(14)6-4-2-3-5-10(8,11)13/h7,13-14H,2-6H2,1H3/t10-,11-/m1/s1. The molecule has 0 aromatic heterocycles. The van der Waals surface area contributed by atoms with Crippen molar-refractivity contribution in [2.45, 2.75) is 50.2 Å². The maximum atomic E-state index is 11.6. The second-order valence-corrected chi connectivity index (χ2v) is 4.47. The molecule has 0 unspecified atom stereocenters. The SMILES string of the molecule is CC1=CC(=O)[C@]2(O)CCCCC[C@@]12O. The first-order valence-corrected chi connectivity index (χ1v) is 5.19. The van der Waals surface area contributed by atoms with Gasteiger partial charge in [-0.15, -0.1) is 0 Å². The van der Waals surface area contributed by atoms with E-state index in [9.17, 15) is 15.0 Å². The Bertz CT molecular complexity index is 308. The van der Waals surface area contributed by atoms with Crippen molar-refractivity contribution in [3.05, 3.63) is 11.6 Å². The van der Waals surface area contributed by atoms with Crippen molar-refractivity contribution in [1.82, 2.24) is 0 Å². The predicted molar refractivity (Wildman–Crippen MR) is 51.7 cm³/mol. The van der Waals surface area contributed by atoms with Crippen LogP contribution in [0.15, 0.2) is 11.6 Å². The highest BCUT2D eigenvalue weighted by Crippen LogP contribution is 2.45. The molecule has 0 heterocycles. The van der Waals surface area contributed by atoms with Gasteiger partial charge in [-0.2, -0.15) is 0 Å². The number of hydrogen-bond acceptors (Lipinski definition) is 3. The minimum Gasteiger partial charge on any atom is -0.382 e. The van der Waals surface area contributed by atoms with Crippen molar-refractivity contribution in [2.75, 3.05) is 0 Å². The Hall–Kier alpha value is -0.670. The summed E-state index contributed by atoms with van der Waals surface area (Å²) in [5.74, 6) is -0.320. The third-order valence-corrected chi connectivity index (χ3v) is 3.67. The molecule has 3 nitrogen and oxygen atoms in total. The highest BCUT2D eigenvalue weighted by atomic mass is 16.4. The molecule has 0 aromatic rings. The van der Waals surface area contributed by atoms with Crippen LogP contribution in [0.1, 0.15) is 39.0 Å². The minimum atomic E-state index is -1.53. The average Bonchev–Trinajstić information content (AvgIpc) is 2.29. The van der Waals surface area contributed by atoms with Gasteiger partial charge in [0.05, 0.1) is 0 Å². The summed E-state index contributed by atoms with van der Waals surface area (Å²) in [5.41, 5.74) is -2.21. The van der Waals surface area contributed by atoms with E-state index in [1.54, 1.807) is 6.92 Å². The fourth-order valence-corrected chi connectivity index (χ4v) is 2.64. The van der Waals surface area contributed by atoms with Gasteiger partial charge in [-0.25, -0.2) is 0 Å². The topological polar surface area (TPSA) is 57.5 Å². The van der Waals surface area contributed by atoms with Crippen LogP contribution in [-0.4, -0.2) is 27.2 Å². The lowest BCUT2D eigenvalue weighted by molar-refractivity contribution is -0.156. The normalized spacial score (nSPS) is 43.1. The zero-order valence-corrected chi connectivity index (χ0v) is 8.42. The molecule has 14 heavy (non-hydrogen) atoms. The zero-order chi connectivity index (χ0) is 10.4. The summed E-state index contributed by atoms with van der Waals surface area (Å²) in [6.45, 7) is 1.72. The van der Waals surface area contributed by atoms with E-state index in [2.05, 4.69) is 0 Å². The predicted octanol–water partition coefficient (Wildman–Crippen LogP) is 0.942. The van der Waals surface area contributed by atoms with E-state index in [-0.39, 0.29) is 5.78 Å². The Morgan fingerprint density at radius 2 is 1.71 bits per heavy atom. The molecule has 0 amide bonds. The fraction of sp³-hybridized carbons (Fsp3) is 0.727. The van der Waals surface area contributed by atoms with Gasteiger partial charge >= 0.3 is 0 Å². The highest BCUT2D eigenvalue weighted by molar-refractivity contribution is 6.02. The lowest BCUT2D eigenvalue weighted by Gasteiger charge is -2.36. The number of hydrogen-bond donors (Lipinski definition) is 2. The Morgan fingerprint density at radius 3 is 2.36 bits per heavy atom. The van der Waals surface area contributed by atoms with E-state index in [0.717, 1.165) is 19.3 Å². The molecular formula is C11H16O3. The maximum absolute atomic E-state index is 11.6. The van der Waals surface area contributed by atoms with Gasteiger partial charge in [-0.3, -0.25) is 4.79 Å². The number of aliphatic hydroxyl groups is 2. The van der Waals surface area contributed by atoms with Gasteiger partial charge in [-0.1, -0.05) is 12.8 Å². The van der Waals surface area contributed by atoms with Crippen molar-refractivity contribution >= 4 is 5.78 Å². The molecular weight excluding hydrogens is 180 g/mol. The molecule has 0 spiro atoms. The van der Waals surface area contributed by atoms with Crippen LogP contribution >= 0.6 is 0 Å². The molecule has 2 aliphatic carbocycles. The first-order valence-electron chi connectivity index (χ1n) is 5.19. The van der Waals surface area contributed by atoms with Gasteiger partial charge in [0.2, 0.25) is 0 Å². The first kappa shape index (κ1) is 9.87. The van der Waals surface area contributed by atoms with Gasteiger partial charge in [0.25, 0.3) is 0 Å². The molecule has 2 N–H and O–H groups in total. The van der Waals surface area contributed by atoms with Crippen LogP contribution in [0.5, 0.6) is 0 Å². The second-order valence-electron chi connectivity index (χ2n) is 4.47. The maximum Gasteiger partial charge on any atom is 0.190 e. The molecule has 78 valence electrons. The summed E-state index contributed by atoms with van der Waals surface area (Å²) < 4.78 is 0. The number of ketones is 1. The van der Waals surface area contributed by atoms with Gasteiger partial charge in [0.1, 0.15) is 5.60 Å². The summed E-state index contributed by atoms with van der Waals surface area (Å²) in [6.07, 6.45) is 4.94. The largest absolute Gasteiger partial charge is 0.382 e. The Morgan fingerprint density at radius 1 is 1.14 bits per heavy atom. The van der Waals surface area contributed by atoms with Crippen molar-refractivity contribution in [1.29, 1.82) is 0 Å². The third-order valence-electron chi connectivity index (χ3n) is 3.67. The lowest BCUT2D eigenvalue weighted by Crippen LogP contribution is -2.55. The van der Waals surface area contributed by atoms with E-state index >= 15 is 0 Å². The van der Waals surface area contributed by atoms with E-state index in [4.69, 9.17) is 0 Å². The molecule has 0 radical (unpaired) electrons. The van der Waals surface area contributed by atoms with Crippen LogP contribution in [0.25, 0.3) is 0 Å². The first-order chi connectivity index (χ1) is 6.51. The van der Waals surface area contributed by atoms with E-state index in [1.165, 1.54) is 6.08 Å². The Labute approximate surface area is 83.4 Å². The summed E-state index contributed by atoms with van der Waals surface area (Å²) in [7, 11) is 0. The molecule has 0 aromatic carbocycles. The highest BCUT2D eigenvalue weighted by Gasteiger charge is 2.58. The molecule has 0 bridgehead atoms. The number of carbonyl (C=O) groups excluding carboxylic acids is 1. The van der Waals surface area contributed by atoms with Crippen LogP contribution in [0.2, 0.25) is 0 Å². The Kier molecular flexibility index (Phi) is 2.05. The molecule has 1 saturated carbocycles. The van der Waals surface area contributed by atoms with Crippen LogP contribution in [0, 0.1) is 0 Å². The van der Waals surface area contributed by atoms with Crippen molar-refractivity contribution < 1.29 is 15.0 Å². The van der Waals surface area contributed by atoms with Crippen molar-refractivity contribution in [2.24, 2.45) is 0 Å². The molecule has 0 aliphatic heterocycles. The van der Waals surface area contributed by atoms with Crippen LogP contribution < -0.4 is 0 Å². The quantitative estimate of drug-likeness (QED) is 0.606. The van der Waals surface area contributed by atoms with E-state index < -0.39 is 11.2 Å². The van der Waals surface area contributed by atoms with Crippen LogP contribution in [0.3, 0.4) is 0 Å². The molecule has 0 saturated heterocycles.